The summed E-state index contributed by atoms with van der Waals surface area (Å²) in [5.41, 5.74) is 0.890. The predicted molar refractivity (Wildman–Crippen MR) is 56.3 cm³/mol. The fourth-order valence-electron chi connectivity index (χ4n) is 1.29. The smallest absolute Gasteiger partial charge is 0.350 e. The average molecular weight is 206 g/mol. The Labute approximate surface area is 89.1 Å². The lowest BCUT2D eigenvalue weighted by Gasteiger charge is -2.09. The van der Waals surface area contributed by atoms with Crippen molar-refractivity contribution in [1.29, 1.82) is 0 Å². The maximum atomic E-state index is 5.65. The van der Waals surface area contributed by atoms with E-state index in [4.69, 9.17) is 4.84 Å². The highest BCUT2D eigenvalue weighted by molar-refractivity contribution is 5.24. The topological polar surface area (TPSA) is 31.1 Å². The van der Waals surface area contributed by atoms with E-state index >= 15 is 0 Å². The van der Waals surface area contributed by atoms with Gasteiger partial charge in [0.15, 0.2) is 0 Å². The summed E-state index contributed by atoms with van der Waals surface area (Å²) in [5, 5.41) is 0. The Morgan fingerprint density at radius 3 is 3.27 bits per heavy atom. The van der Waals surface area contributed by atoms with Gasteiger partial charge in [-0.3, -0.25) is 0 Å². The van der Waals surface area contributed by atoms with Crippen LogP contribution in [0.3, 0.4) is 0 Å². The Balaban J connectivity index is 2.14. The van der Waals surface area contributed by atoms with Crippen LogP contribution in [0.1, 0.15) is 20.3 Å². The molecule has 1 atom stereocenters. The minimum absolute atomic E-state index is 0.569. The third-order valence-electron chi connectivity index (χ3n) is 2.51. The SMILES string of the molecule is CCC(C)COn1ccc2nccc[n+]21. The zero-order valence-electron chi connectivity index (χ0n) is 9.13. The molecule has 0 aliphatic carbocycles. The van der Waals surface area contributed by atoms with E-state index in [0.29, 0.717) is 5.92 Å². The molecular weight excluding hydrogens is 190 g/mol. The van der Waals surface area contributed by atoms with Crippen LogP contribution in [-0.2, 0) is 0 Å². The van der Waals surface area contributed by atoms with Gasteiger partial charge in [0.2, 0.25) is 0 Å². The van der Waals surface area contributed by atoms with E-state index in [2.05, 4.69) is 18.8 Å². The lowest BCUT2D eigenvalue weighted by molar-refractivity contribution is -0.647. The number of hydrogen-bond acceptors (Lipinski definition) is 2. The molecule has 4 heteroatoms. The lowest BCUT2D eigenvalue weighted by Crippen LogP contribution is -2.38. The summed E-state index contributed by atoms with van der Waals surface area (Å²) in [7, 11) is 0. The van der Waals surface area contributed by atoms with Gasteiger partial charge in [-0.25, -0.2) is 0 Å². The Hall–Kier alpha value is -1.58. The highest BCUT2D eigenvalue weighted by atomic mass is 16.7. The van der Waals surface area contributed by atoms with Crippen LogP contribution in [0.5, 0.6) is 0 Å². The highest BCUT2D eigenvalue weighted by Gasteiger charge is 2.09. The van der Waals surface area contributed by atoms with E-state index in [1.165, 1.54) is 0 Å². The standard InChI is InChI=1S/C11H16N3O/c1-3-10(2)9-15-14-8-5-11-12-6-4-7-13(11)14/h4-8,10H,3,9H2,1-2H3/q+1. The van der Waals surface area contributed by atoms with Gasteiger partial charge in [-0.2, -0.15) is 0 Å². The van der Waals surface area contributed by atoms with Gasteiger partial charge < -0.3 is 4.84 Å². The fraction of sp³-hybridized carbons (Fsp3) is 0.455. The summed E-state index contributed by atoms with van der Waals surface area (Å²) in [5.74, 6) is 0.569. The van der Waals surface area contributed by atoms with Crippen LogP contribution in [0, 0.1) is 5.92 Å². The van der Waals surface area contributed by atoms with Crippen LogP contribution >= 0.6 is 0 Å². The molecule has 0 aliphatic heterocycles. The molecular formula is C11H16N3O+. The molecule has 0 bridgehead atoms. The molecule has 2 rings (SSSR count). The first-order valence-corrected chi connectivity index (χ1v) is 5.28. The van der Waals surface area contributed by atoms with Crippen molar-refractivity contribution in [3.63, 3.8) is 0 Å². The molecule has 2 aromatic heterocycles. The summed E-state index contributed by atoms with van der Waals surface area (Å²) in [6.07, 6.45) is 6.71. The second-order valence-corrected chi connectivity index (χ2v) is 3.75. The molecule has 2 heterocycles. The van der Waals surface area contributed by atoms with E-state index in [0.717, 1.165) is 18.7 Å². The van der Waals surface area contributed by atoms with Gasteiger partial charge in [0.05, 0.1) is 12.3 Å². The molecule has 0 saturated carbocycles. The number of rotatable bonds is 4. The summed E-state index contributed by atoms with van der Waals surface area (Å²) >= 11 is 0. The summed E-state index contributed by atoms with van der Waals surface area (Å²) < 4.78 is 1.88. The molecule has 2 aromatic rings. The van der Waals surface area contributed by atoms with Crippen molar-refractivity contribution in [3.05, 3.63) is 30.7 Å². The molecule has 80 valence electrons. The van der Waals surface area contributed by atoms with Crippen LogP contribution < -0.4 is 9.35 Å². The summed E-state index contributed by atoms with van der Waals surface area (Å²) in [6, 6.07) is 3.81. The Bertz CT molecular complexity index is 438. The number of fused-ring (bicyclic) bond motifs is 1. The molecule has 0 saturated heterocycles. The van der Waals surface area contributed by atoms with Crippen LogP contribution in [0.25, 0.3) is 5.65 Å². The van der Waals surface area contributed by atoms with E-state index in [1.54, 1.807) is 11.0 Å². The van der Waals surface area contributed by atoms with Gasteiger partial charge in [-0.05, 0) is 15.7 Å². The Morgan fingerprint density at radius 1 is 1.60 bits per heavy atom. The normalized spacial score (nSPS) is 12.9. The molecule has 0 aliphatic rings. The molecule has 15 heavy (non-hydrogen) atoms. The monoisotopic (exact) mass is 206 g/mol. The Kier molecular flexibility index (Phi) is 2.85. The van der Waals surface area contributed by atoms with E-state index < -0.39 is 0 Å². The zero-order chi connectivity index (χ0) is 10.7. The first kappa shape index (κ1) is 9.96. The van der Waals surface area contributed by atoms with E-state index in [-0.39, 0.29) is 0 Å². The molecule has 1 unspecified atom stereocenters. The van der Waals surface area contributed by atoms with Gasteiger partial charge in [0, 0.05) is 6.07 Å². The fourth-order valence-corrected chi connectivity index (χ4v) is 1.29. The minimum atomic E-state index is 0.569. The second-order valence-electron chi connectivity index (χ2n) is 3.75. The van der Waals surface area contributed by atoms with Crippen molar-refractivity contribution >= 4 is 5.65 Å². The lowest BCUT2D eigenvalue weighted by atomic mass is 10.1. The van der Waals surface area contributed by atoms with E-state index in [9.17, 15) is 0 Å². The quantitative estimate of drug-likeness (QED) is 0.701. The second kappa shape index (κ2) is 4.29. The molecule has 0 amide bonds. The molecule has 0 N–H and O–H groups in total. The van der Waals surface area contributed by atoms with Crippen molar-refractivity contribution in [2.45, 2.75) is 20.3 Å². The largest absolute Gasteiger partial charge is 0.383 e. The summed E-state index contributed by atoms with van der Waals surface area (Å²) in [4.78, 5) is 11.6. The first-order chi connectivity index (χ1) is 7.31. The van der Waals surface area contributed by atoms with Gasteiger partial charge in [-0.15, -0.1) is 0 Å². The van der Waals surface area contributed by atoms with Crippen molar-refractivity contribution in [1.82, 2.24) is 9.83 Å². The van der Waals surface area contributed by atoms with Gasteiger partial charge in [0.1, 0.15) is 19.0 Å². The average Bonchev–Trinajstić information content (AvgIpc) is 2.69. The third kappa shape index (κ3) is 2.09. The maximum absolute atomic E-state index is 5.65. The van der Waals surface area contributed by atoms with Crippen LogP contribution in [0.15, 0.2) is 30.7 Å². The number of hydrogen-bond donors (Lipinski definition) is 0. The highest BCUT2D eigenvalue weighted by Crippen LogP contribution is 1.98. The molecule has 0 fully saturated rings. The van der Waals surface area contributed by atoms with Crippen LogP contribution in [0.4, 0.5) is 0 Å². The predicted octanol–water partition coefficient (Wildman–Crippen LogP) is 1.10. The van der Waals surface area contributed by atoms with Gasteiger partial charge in [0.25, 0.3) is 0 Å². The molecule has 0 radical (unpaired) electrons. The molecule has 0 spiro atoms. The van der Waals surface area contributed by atoms with Crippen molar-refractivity contribution in [2.24, 2.45) is 5.92 Å². The molecule has 0 aromatic carbocycles. The third-order valence-corrected chi connectivity index (χ3v) is 2.51. The van der Waals surface area contributed by atoms with Crippen molar-refractivity contribution < 1.29 is 9.35 Å². The van der Waals surface area contributed by atoms with Crippen LogP contribution in [0.2, 0.25) is 0 Å². The minimum Gasteiger partial charge on any atom is -0.383 e. The Morgan fingerprint density at radius 2 is 2.47 bits per heavy atom. The van der Waals surface area contributed by atoms with Gasteiger partial charge >= 0.3 is 5.65 Å². The van der Waals surface area contributed by atoms with Gasteiger partial charge in [-0.1, -0.05) is 24.8 Å². The van der Waals surface area contributed by atoms with Crippen LogP contribution in [-0.4, -0.2) is 16.4 Å². The zero-order valence-corrected chi connectivity index (χ0v) is 9.13. The first-order valence-electron chi connectivity index (χ1n) is 5.28. The molecule has 4 nitrogen and oxygen atoms in total. The van der Waals surface area contributed by atoms with Crippen molar-refractivity contribution in [2.75, 3.05) is 6.61 Å². The van der Waals surface area contributed by atoms with E-state index in [1.807, 2.05) is 29.0 Å². The summed E-state index contributed by atoms with van der Waals surface area (Å²) in [6.45, 7) is 5.06. The maximum Gasteiger partial charge on any atom is 0.350 e. The number of aromatic nitrogens is 3. The van der Waals surface area contributed by atoms with Crippen molar-refractivity contribution in [3.8, 4) is 0 Å². The number of nitrogens with zero attached hydrogens (tertiary/aromatic N) is 3.